The van der Waals surface area contributed by atoms with Crippen LogP contribution >= 0.6 is 11.3 Å². The molecule has 2 aliphatic rings. The third-order valence-electron chi connectivity index (χ3n) is 5.26. The lowest BCUT2D eigenvalue weighted by Crippen LogP contribution is -2.41. The van der Waals surface area contributed by atoms with Gasteiger partial charge in [-0.1, -0.05) is 18.2 Å². The van der Waals surface area contributed by atoms with Crippen LogP contribution in [0.5, 0.6) is 0 Å². The quantitative estimate of drug-likeness (QED) is 0.838. The smallest absolute Gasteiger partial charge is 0.261 e. The second-order valence-electron chi connectivity index (χ2n) is 7.10. The number of carbonyl (C=O) groups excluding carboxylic acids is 2. The molecule has 2 fully saturated rings. The van der Waals surface area contributed by atoms with Crippen molar-refractivity contribution in [3.8, 4) is 0 Å². The van der Waals surface area contributed by atoms with E-state index in [0.717, 1.165) is 31.5 Å². The Hall–Kier alpha value is -2.22. The molecule has 0 aliphatic carbocycles. The van der Waals surface area contributed by atoms with E-state index in [4.69, 9.17) is 9.47 Å². The maximum atomic E-state index is 12.8. The van der Waals surface area contributed by atoms with E-state index in [2.05, 4.69) is 5.32 Å². The normalized spacial score (nSPS) is 18.4. The second-order valence-corrected chi connectivity index (χ2v) is 8.04. The molecule has 2 amide bonds. The van der Waals surface area contributed by atoms with Gasteiger partial charge in [-0.05, 0) is 42.0 Å². The lowest BCUT2D eigenvalue weighted by Gasteiger charge is -2.33. The first kappa shape index (κ1) is 19.1. The predicted octanol–water partition coefficient (Wildman–Crippen LogP) is 2.90. The van der Waals surface area contributed by atoms with Gasteiger partial charge in [-0.2, -0.15) is 0 Å². The summed E-state index contributed by atoms with van der Waals surface area (Å²) < 4.78 is 11.2. The van der Waals surface area contributed by atoms with Gasteiger partial charge in [0.25, 0.3) is 11.8 Å². The van der Waals surface area contributed by atoms with Crippen molar-refractivity contribution in [2.45, 2.75) is 25.7 Å². The standard InChI is InChI=1S/C21H24N2O4S/c24-19(18-2-1-13-28-18)22-14-15-3-5-16(6-4-15)20(25)23-9-7-17(8-10-23)21-26-11-12-27-21/h1-6,13,17,21H,7-12,14H2,(H,22,24). The fourth-order valence-electron chi connectivity index (χ4n) is 3.65. The van der Waals surface area contributed by atoms with Gasteiger partial charge in [0, 0.05) is 31.1 Å². The number of hydrogen-bond donors (Lipinski definition) is 1. The van der Waals surface area contributed by atoms with Gasteiger partial charge in [-0.25, -0.2) is 0 Å². The largest absolute Gasteiger partial charge is 0.350 e. The van der Waals surface area contributed by atoms with Crippen molar-refractivity contribution in [2.75, 3.05) is 26.3 Å². The summed E-state index contributed by atoms with van der Waals surface area (Å²) in [5.41, 5.74) is 1.65. The number of nitrogens with one attached hydrogen (secondary N) is 1. The molecule has 1 aromatic carbocycles. The molecule has 2 saturated heterocycles. The number of hydrogen-bond acceptors (Lipinski definition) is 5. The van der Waals surface area contributed by atoms with E-state index < -0.39 is 0 Å². The van der Waals surface area contributed by atoms with Crippen molar-refractivity contribution >= 4 is 23.2 Å². The molecule has 2 aromatic rings. The summed E-state index contributed by atoms with van der Waals surface area (Å²) in [5.74, 6) is 0.356. The summed E-state index contributed by atoms with van der Waals surface area (Å²) in [7, 11) is 0. The molecular formula is C21H24N2O4S. The molecule has 2 aliphatic heterocycles. The SMILES string of the molecule is O=C(NCc1ccc(C(=O)N2CCC(C3OCCO3)CC2)cc1)c1cccs1. The third kappa shape index (κ3) is 4.43. The summed E-state index contributed by atoms with van der Waals surface area (Å²) in [6, 6.07) is 11.1. The molecular weight excluding hydrogens is 376 g/mol. The summed E-state index contributed by atoms with van der Waals surface area (Å²) in [6.07, 6.45) is 1.72. The number of ether oxygens (including phenoxy) is 2. The van der Waals surface area contributed by atoms with Gasteiger partial charge in [-0.15, -0.1) is 11.3 Å². The highest BCUT2D eigenvalue weighted by molar-refractivity contribution is 7.12. The number of benzene rings is 1. The Morgan fingerprint density at radius 3 is 2.43 bits per heavy atom. The van der Waals surface area contributed by atoms with Crippen molar-refractivity contribution in [2.24, 2.45) is 5.92 Å². The number of rotatable bonds is 5. The number of likely N-dealkylation sites (tertiary alicyclic amines) is 1. The number of piperidine rings is 1. The molecule has 3 heterocycles. The maximum Gasteiger partial charge on any atom is 0.261 e. The van der Waals surface area contributed by atoms with Gasteiger partial charge < -0.3 is 19.7 Å². The average molecular weight is 401 g/mol. The Morgan fingerprint density at radius 1 is 1.07 bits per heavy atom. The molecule has 0 saturated carbocycles. The van der Waals surface area contributed by atoms with E-state index in [1.165, 1.54) is 11.3 Å². The summed E-state index contributed by atoms with van der Waals surface area (Å²) in [4.78, 5) is 27.4. The molecule has 0 spiro atoms. The van der Waals surface area contributed by atoms with Gasteiger partial charge in [0.15, 0.2) is 6.29 Å². The van der Waals surface area contributed by atoms with Crippen molar-refractivity contribution < 1.29 is 19.1 Å². The molecule has 0 unspecified atom stereocenters. The van der Waals surface area contributed by atoms with Gasteiger partial charge >= 0.3 is 0 Å². The molecule has 28 heavy (non-hydrogen) atoms. The molecule has 0 bridgehead atoms. The maximum absolute atomic E-state index is 12.8. The van der Waals surface area contributed by atoms with E-state index in [9.17, 15) is 9.59 Å². The van der Waals surface area contributed by atoms with Crippen LogP contribution in [0.3, 0.4) is 0 Å². The van der Waals surface area contributed by atoms with Crippen LogP contribution in [0.25, 0.3) is 0 Å². The van der Waals surface area contributed by atoms with E-state index in [1.807, 2.05) is 40.6 Å². The fourth-order valence-corrected chi connectivity index (χ4v) is 4.29. The van der Waals surface area contributed by atoms with Gasteiger partial charge in [0.05, 0.1) is 18.1 Å². The zero-order valence-electron chi connectivity index (χ0n) is 15.6. The van der Waals surface area contributed by atoms with Crippen molar-refractivity contribution in [3.63, 3.8) is 0 Å². The van der Waals surface area contributed by atoms with Gasteiger partial charge in [0.1, 0.15) is 0 Å². The minimum Gasteiger partial charge on any atom is -0.350 e. The highest BCUT2D eigenvalue weighted by Gasteiger charge is 2.31. The Balaban J connectivity index is 1.27. The molecule has 1 N–H and O–H groups in total. The minimum absolute atomic E-state index is 0.0564. The zero-order chi connectivity index (χ0) is 19.3. The monoisotopic (exact) mass is 400 g/mol. The molecule has 6 nitrogen and oxygen atoms in total. The van der Waals surface area contributed by atoms with E-state index >= 15 is 0 Å². The Kier molecular flexibility index (Phi) is 6.04. The van der Waals surface area contributed by atoms with Crippen LogP contribution in [0.15, 0.2) is 41.8 Å². The van der Waals surface area contributed by atoms with E-state index in [0.29, 0.717) is 36.1 Å². The van der Waals surface area contributed by atoms with E-state index in [-0.39, 0.29) is 18.1 Å². The van der Waals surface area contributed by atoms with Crippen LogP contribution in [-0.4, -0.2) is 49.3 Å². The molecule has 4 rings (SSSR count). The second kappa shape index (κ2) is 8.86. The average Bonchev–Trinajstić information content (AvgIpc) is 3.46. The Morgan fingerprint density at radius 2 is 1.79 bits per heavy atom. The summed E-state index contributed by atoms with van der Waals surface area (Å²) in [6.45, 7) is 3.24. The molecule has 1 aromatic heterocycles. The summed E-state index contributed by atoms with van der Waals surface area (Å²) >= 11 is 1.42. The minimum atomic E-state index is -0.0964. The highest BCUT2D eigenvalue weighted by Crippen LogP contribution is 2.26. The topological polar surface area (TPSA) is 67.9 Å². The number of nitrogens with zero attached hydrogens (tertiary/aromatic N) is 1. The van der Waals surface area contributed by atoms with Crippen LogP contribution in [0.1, 0.15) is 38.4 Å². The first-order valence-electron chi connectivity index (χ1n) is 9.64. The van der Waals surface area contributed by atoms with Crippen LogP contribution < -0.4 is 5.32 Å². The Labute approximate surface area is 168 Å². The van der Waals surface area contributed by atoms with Crippen LogP contribution in [0.2, 0.25) is 0 Å². The van der Waals surface area contributed by atoms with E-state index in [1.54, 1.807) is 6.07 Å². The summed E-state index contributed by atoms with van der Waals surface area (Å²) in [5, 5.41) is 4.78. The lowest BCUT2D eigenvalue weighted by molar-refractivity contribution is -0.0956. The van der Waals surface area contributed by atoms with Gasteiger partial charge in [-0.3, -0.25) is 9.59 Å². The number of carbonyl (C=O) groups is 2. The first-order valence-corrected chi connectivity index (χ1v) is 10.5. The van der Waals surface area contributed by atoms with Crippen molar-refractivity contribution in [1.29, 1.82) is 0 Å². The van der Waals surface area contributed by atoms with Crippen LogP contribution in [0, 0.1) is 5.92 Å². The third-order valence-corrected chi connectivity index (χ3v) is 6.13. The highest BCUT2D eigenvalue weighted by atomic mass is 32.1. The number of thiophene rings is 1. The van der Waals surface area contributed by atoms with Gasteiger partial charge in [0.2, 0.25) is 0 Å². The van der Waals surface area contributed by atoms with Crippen LogP contribution in [0.4, 0.5) is 0 Å². The Bertz CT molecular complexity index is 792. The fraction of sp³-hybridized carbons (Fsp3) is 0.429. The van der Waals surface area contributed by atoms with Crippen molar-refractivity contribution in [3.05, 3.63) is 57.8 Å². The predicted molar refractivity (Wildman–Crippen MR) is 106 cm³/mol. The first-order chi connectivity index (χ1) is 13.7. The molecule has 7 heteroatoms. The molecule has 0 radical (unpaired) electrons. The van der Waals surface area contributed by atoms with Crippen molar-refractivity contribution in [1.82, 2.24) is 10.2 Å². The van der Waals surface area contributed by atoms with Crippen LogP contribution in [-0.2, 0) is 16.0 Å². The molecule has 148 valence electrons. The lowest BCUT2D eigenvalue weighted by atomic mass is 9.95. The zero-order valence-corrected chi connectivity index (χ0v) is 16.5. The number of amides is 2. The molecule has 0 atom stereocenters.